The van der Waals surface area contributed by atoms with Gasteiger partial charge in [-0.1, -0.05) is 41.2 Å². The molecule has 44 heavy (non-hydrogen) atoms. The third-order valence-corrected chi connectivity index (χ3v) is 8.65. The summed E-state index contributed by atoms with van der Waals surface area (Å²) in [7, 11) is 0. The smallest absolute Gasteiger partial charge is 0.232 e. The fourth-order valence-electron chi connectivity index (χ4n) is 4.85. The van der Waals surface area contributed by atoms with Gasteiger partial charge in [-0.25, -0.2) is 9.97 Å². The van der Waals surface area contributed by atoms with Gasteiger partial charge in [-0.15, -0.1) is 20.4 Å². The van der Waals surface area contributed by atoms with Crippen LogP contribution in [-0.4, -0.2) is 54.0 Å². The van der Waals surface area contributed by atoms with Gasteiger partial charge in [-0.3, -0.25) is 19.2 Å². The lowest BCUT2D eigenvalue weighted by Crippen LogP contribution is -2.16. The largest absolute Gasteiger partial charge is 0.311 e. The van der Waals surface area contributed by atoms with Crippen molar-refractivity contribution < 1.29 is 19.2 Å². The molecule has 0 aromatic carbocycles. The van der Waals surface area contributed by atoms with Crippen LogP contribution in [0.2, 0.25) is 0 Å². The van der Waals surface area contributed by atoms with Crippen molar-refractivity contribution in [3.05, 3.63) is 57.8 Å². The number of nitrogens with zero attached hydrogens (tertiary/aromatic N) is 6. The third-order valence-electron chi connectivity index (χ3n) is 6.65. The second-order valence-corrected chi connectivity index (χ2v) is 12.3. The number of nitrogens with one attached hydrogen (secondary N) is 4. The molecule has 2 atom stereocenters. The molecular weight excluding hydrogens is 605 g/mol. The van der Waals surface area contributed by atoms with Gasteiger partial charge in [0.25, 0.3) is 0 Å². The number of rotatable bonds is 10. The van der Waals surface area contributed by atoms with Gasteiger partial charge in [0.2, 0.25) is 33.9 Å². The zero-order valence-electron chi connectivity index (χ0n) is 24.0. The summed E-state index contributed by atoms with van der Waals surface area (Å²) in [5, 5.41) is 30.4. The number of amides is 4. The molecule has 4 aromatic heterocycles. The maximum Gasteiger partial charge on any atom is 0.232 e. The van der Waals surface area contributed by atoms with Gasteiger partial charge in [0, 0.05) is 25.7 Å². The molecule has 4 N–H and O–H groups in total. The summed E-state index contributed by atoms with van der Waals surface area (Å²) in [4.78, 5) is 56.3. The lowest BCUT2D eigenvalue weighted by molar-refractivity contribution is -0.116. The first-order valence-corrected chi connectivity index (χ1v) is 15.6. The van der Waals surface area contributed by atoms with E-state index >= 15 is 0 Å². The maximum atomic E-state index is 12.6. The van der Waals surface area contributed by atoms with Crippen molar-refractivity contribution in [1.29, 1.82) is 0 Å². The third kappa shape index (κ3) is 8.67. The van der Waals surface area contributed by atoms with Gasteiger partial charge in [0.15, 0.2) is 0 Å². The Labute approximate surface area is 260 Å². The number of aromatic nitrogens is 6. The molecule has 0 aliphatic heterocycles. The highest BCUT2D eigenvalue weighted by atomic mass is 32.1. The molecule has 228 valence electrons. The lowest BCUT2D eigenvalue weighted by Gasteiger charge is -2.25. The first kappa shape index (κ1) is 30.7. The highest BCUT2D eigenvalue weighted by molar-refractivity contribution is 7.15. The number of anilines is 4. The van der Waals surface area contributed by atoms with Crippen molar-refractivity contribution in [1.82, 2.24) is 30.4 Å². The summed E-state index contributed by atoms with van der Waals surface area (Å²) in [5.74, 6) is 0.0819. The predicted octanol–water partition coefficient (Wildman–Crippen LogP) is 3.90. The summed E-state index contributed by atoms with van der Waals surface area (Å²) in [5.41, 5.74) is 1.04. The molecule has 0 radical (unpaired) electrons. The zero-order valence-corrected chi connectivity index (χ0v) is 25.6. The van der Waals surface area contributed by atoms with Crippen molar-refractivity contribution >= 4 is 68.2 Å². The summed E-state index contributed by atoms with van der Waals surface area (Å²) in [6.07, 6.45) is 3.75. The van der Waals surface area contributed by atoms with Gasteiger partial charge in [-0.05, 0) is 43.5 Å². The Morgan fingerprint density at radius 1 is 0.682 bits per heavy atom. The van der Waals surface area contributed by atoms with Crippen molar-refractivity contribution in [3.8, 4) is 0 Å². The summed E-state index contributed by atoms with van der Waals surface area (Å²) in [6, 6.07) is 10.2. The van der Waals surface area contributed by atoms with E-state index in [1.807, 2.05) is 0 Å². The molecular formula is C28H30N10O4S2. The van der Waals surface area contributed by atoms with Crippen LogP contribution in [0.25, 0.3) is 0 Å². The van der Waals surface area contributed by atoms with E-state index in [-0.39, 0.29) is 48.3 Å². The zero-order chi connectivity index (χ0) is 31.1. The molecule has 0 saturated heterocycles. The second-order valence-electron chi connectivity index (χ2n) is 10.3. The van der Waals surface area contributed by atoms with Gasteiger partial charge in [0.05, 0.1) is 24.2 Å². The van der Waals surface area contributed by atoms with E-state index < -0.39 is 0 Å². The molecule has 5 rings (SSSR count). The SMILES string of the molecule is CC(=O)Nc1cccc(CC(=O)Nc2nnc(C3CCC[C@H](c4nnc(NC(=O)Cc5cccc(NC(C)=O)n5)s4)C3)s2)n1. The van der Waals surface area contributed by atoms with E-state index in [0.29, 0.717) is 33.3 Å². The summed E-state index contributed by atoms with van der Waals surface area (Å²) in [6.45, 7) is 2.79. The minimum absolute atomic E-state index is 0.0315. The van der Waals surface area contributed by atoms with Crippen molar-refractivity contribution in [2.45, 2.75) is 64.2 Å². The minimum atomic E-state index is -0.277. The highest BCUT2D eigenvalue weighted by Gasteiger charge is 2.29. The first-order chi connectivity index (χ1) is 21.2. The van der Waals surface area contributed by atoms with Crippen molar-refractivity contribution in [3.63, 3.8) is 0 Å². The van der Waals surface area contributed by atoms with E-state index in [0.717, 1.165) is 35.7 Å². The Bertz CT molecular complexity index is 1550. The Morgan fingerprint density at radius 2 is 1.14 bits per heavy atom. The van der Waals surface area contributed by atoms with Crippen LogP contribution in [0.1, 0.15) is 72.8 Å². The van der Waals surface area contributed by atoms with E-state index in [1.165, 1.54) is 36.5 Å². The van der Waals surface area contributed by atoms with Gasteiger partial charge in [-0.2, -0.15) is 0 Å². The Hall–Kier alpha value is -4.70. The standard InChI is InChI=1S/C28H30N10O4S2/c1-15(39)29-21-10-4-8-19(31-21)13-23(41)33-27-37-35-25(43-27)17-6-3-7-18(12-17)26-36-38-28(44-26)34-24(42)14-20-9-5-11-22(32-20)30-16(2)40/h4-5,8-11,17-18H,3,6-7,12-14H2,1-2H3,(H,29,31,39)(H,30,32,40)(H,33,37,41)(H,34,38,42)/t17-,18?/m0/s1. The normalized spacial score (nSPS) is 16.1. The molecule has 0 bridgehead atoms. The average Bonchev–Trinajstić information content (AvgIpc) is 3.63. The second kappa shape index (κ2) is 14.2. The number of hydrogen-bond acceptors (Lipinski definition) is 12. The molecule has 14 nitrogen and oxygen atoms in total. The fourth-order valence-corrected chi connectivity index (χ4v) is 6.66. The Morgan fingerprint density at radius 3 is 1.57 bits per heavy atom. The van der Waals surface area contributed by atoms with Crippen LogP contribution in [0, 0.1) is 0 Å². The van der Waals surface area contributed by atoms with Crippen molar-refractivity contribution in [2.75, 3.05) is 21.3 Å². The Kier molecular flexibility index (Phi) is 9.91. The summed E-state index contributed by atoms with van der Waals surface area (Å²) < 4.78 is 0. The Balaban J connectivity index is 1.13. The number of pyridine rings is 2. The van der Waals surface area contributed by atoms with E-state index in [2.05, 4.69) is 51.6 Å². The number of carbonyl (C=O) groups is 4. The van der Waals surface area contributed by atoms with E-state index in [9.17, 15) is 19.2 Å². The maximum absolute atomic E-state index is 12.6. The molecule has 1 unspecified atom stereocenters. The van der Waals surface area contributed by atoms with Gasteiger partial charge < -0.3 is 21.3 Å². The molecule has 4 aromatic rings. The van der Waals surface area contributed by atoms with Gasteiger partial charge >= 0.3 is 0 Å². The minimum Gasteiger partial charge on any atom is -0.311 e. The van der Waals surface area contributed by atoms with Crippen LogP contribution in [0.5, 0.6) is 0 Å². The fraction of sp³-hybridized carbons (Fsp3) is 0.357. The van der Waals surface area contributed by atoms with E-state index in [1.54, 1.807) is 36.4 Å². The van der Waals surface area contributed by atoms with Gasteiger partial charge in [0.1, 0.15) is 21.7 Å². The van der Waals surface area contributed by atoms with Crippen LogP contribution in [0.4, 0.5) is 21.9 Å². The van der Waals surface area contributed by atoms with Crippen molar-refractivity contribution in [2.24, 2.45) is 0 Å². The molecule has 1 aliphatic rings. The highest BCUT2D eigenvalue weighted by Crippen LogP contribution is 2.43. The quantitative estimate of drug-likeness (QED) is 0.199. The lowest BCUT2D eigenvalue weighted by atomic mass is 9.82. The van der Waals surface area contributed by atoms with Crippen LogP contribution in [-0.2, 0) is 32.0 Å². The molecule has 1 fully saturated rings. The first-order valence-electron chi connectivity index (χ1n) is 13.9. The van der Waals surface area contributed by atoms with Crippen LogP contribution in [0.15, 0.2) is 36.4 Å². The average molecular weight is 635 g/mol. The molecule has 1 saturated carbocycles. The van der Waals surface area contributed by atoms with E-state index in [4.69, 9.17) is 0 Å². The van der Waals surface area contributed by atoms with Crippen LogP contribution >= 0.6 is 22.7 Å². The topological polar surface area (TPSA) is 194 Å². The molecule has 1 aliphatic carbocycles. The molecule has 4 heterocycles. The predicted molar refractivity (Wildman–Crippen MR) is 166 cm³/mol. The monoisotopic (exact) mass is 634 g/mol. The van der Waals surface area contributed by atoms with Crippen LogP contribution < -0.4 is 21.3 Å². The molecule has 4 amide bonds. The van der Waals surface area contributed by atoms with Crippen LogP contribution in [0.3, 0.4) is 0 Å². The summed E-state index contributed by atoms with van der Waals surface area (Å²) >= 11 is 2.71. The number of carbonyl (C=O) groups excluding carboxylic acids is 4. The molecule has 16 heteroatoms. The number of hydrogen-bond donors (Lipinski definition) is 4. The molecule has 0 spiro atoms.